The van der Waals surface area contributed by atoms with Crippen molar-refractivity contribution in [1.82, 2.24) is 14.4 Å². The fraction of sp³-hybridized carbons (Fsp3) is 0.500. The van der Waals surface area contributed by atoms with E-state index < -0.39 is 34.4 Å². The number of nitrogens with one attached hydrogen (secondary N) is 2. The lowest BCUT2D eigenvalue weighted by atomic mass is 10.4. The molecule has 118 valence electrons. The molecule has 11 heteroatoms. The van der Waals surface area contributed by atoms with Gasteiger partial charge in [0.2, 0.25) is 0 Å². The highest BCUT2D eigenvalue weighted by atomic mass is 32.2. The van der Waals surface area contributed by atoms with Gasteiger partial charge in [-0.15, -0.1) is 11.3 Å². The van der Waals surface area contributed by atoms with Crippen molar-refractivity contribution in [2.75, 3.05) is 0 Å². The number of ether oxygens (including phenoxy) is 1. The average Bonchev–Trinajstić information content (AvgIpc) is 2.74. The SMILES string of the molecule is CC(C)OC(=O)NS(=O)(=O)NC(C)c1nc(C(=O)O)cs1. The predicted octanol–water partition coefficient (Wildman–Crippen LogP) is 0.871. The summed E-state index contributed by atoms with van der Waals surface area (Å²) >= 11 is 0.993. The normalized spacial score (nSPS) is 13.0. The summed E-state index contributed by atoms with van der Waals surface area (Å²) in [6, 6.07) is -0.799. The zero-order valence-corrected chi connectivity index (χ0v) is 13.1. The molecule has 0 aliphatic carbocycles. The first-order chi connectivity index (χ1) is 9.60. The second-order valence-electron chi connectivity index (χ2n) is 4.28. The molecule has 0 spiro atoms. The van der Waals surface area contributed by atoms with Crippen LogP contribution in [0.5, 0.6) is 0 Å². The summed E-state index contributed by atoms with van der Waals surface area (Å²) in [6.07, 6.45) is -1.57. The summed E-state index contributed by atoms with van der Waals surface area (Å²) in [7, 11) is -4.14. The van der Waals surface area contributed by atoms with Crippen molar-refractivity contribution >= 4 is 33.6 Å². The van der Waals surface area contributed by atoms with Crippen LogP contribution in [0, 0.1) is 0 Å². The Labute approximate surface area is 125 Å². The maximum atomic E-state index is 11.7. The summed E-state index contributed by atoms with van der Waals surface area (Å²) in [6.45, 7) is 4.62. The summed E-state index contributed by atoms with van der Waals surface area (Å²) in [5.41, 5.74) is -0.173. The van der Waals surface area contributed by atoms with E-state index in [4.69, 9.17) is 5.11 Å². The molecule has 9 nitrogen and oxygen atoms in total. The highest BCUT2D eigenvalue weighted by Crippen LogP contribution is 2.18. The molecule has 1 amide bonds. The van der Waals surface area contributed by atoms with Crippen LogP contribution >= 0.6 is 11.3 Å². The lowest BCUT2D eigenvalue weighted by Crippen LogP contribution is -2.42. The quantitative estimate of drug-likeness (QED) is 0.701. The molecule has 0 aliphatic heterocycles. The molecule has 0 bridgehead atoms. The monoisotopic (exact) mass is 337 g/mol. The van der Waals surface area contributed by atoms with Crippen LogP contribution in [-0.2, 0) is 14.9 Å². The minimum atomic E-state index is -4.14. The number of nitrogens with zero attached hydrogens (tertiary/aromatic N) is 1. The first kappa shape index (κ1) is 17.3. The Morgan fingerprint density at radius 3 is 2.48 bits per heavy atom. The Morgan fingerprint density at radius 1 is 1.38 bits per heavy atom. The molecule has 1 rings (SSSR count). The number of hydrogen-bond donors (Lipinski definition) is 3. The fourth-order valence-electron chi connectivity index (χ4n) is 1.25. The molecule has 1 heterocycles. The lowest BCUT2D eigenvalue weighted by molar-refractivity contribution is 0.0691. The van der Waals surface area contributed by atoms with E-state index in [1.807, 2.05) is 0 Å². The minimum Gasteiger partial charge on any atom is -0.476 e. The number of thiazole rings is 1. The number of rotatable bonds is 6. The summed E-state index contributed by atoms with van der Waals surface area (Å²) in [5.74, 6) is -1.20. The van der Waals surface area contributed by atoms with E-state index in [0.29, 0.717) is 0 Å². The molecule has 21 heavy (non-hydrogen) atoms. The zero-order valence-electron chi connectivity index (χ0n) is 11.5. The van der Waals surface area contributed by atoms with Crippen LogP contribution in [-0.4, -0.2) is 36.7 Å². The highest BCUT2D eigenvalue weighted by molar-refractivity contribution is 7.88. The first-order valence-electron chi connectivity index (χ1n) is 5.80. The molecule has 0 radical (unpaired) electrons. The van der Waals surface area contributed by atoms with Gasteiger partial charge in [-0.2, -0.15) is 13.1 Å². The van der Waals surface area contributed by atoms with Gasteiger partial charge in [0, 0.05) is 5.38 Å². The smallest absolute Gasteiger partial charge is 0.422 e. The standard InChI is InChI=1S/C10H15N3O6S2/c1-5(2)19-10(16)13-21(17,18)12-6(3)8-11-7(4-20-8)9(14)15/h4-6,12H,1-3H3,(H,13,16)(H,14,15). The third-order valence-corrected chi connectivity index (χ3v) is 4.13. The van der Waals surface area contributed by atoms with E-state index in [0.717, 1.165) is 11.3 Å². The van der Waals surface area contributed by atoms with E-state index in [9.17, 15) is 18.0 Å². The first-order valence-corrected chi connectivity index (χ1v) is 8.16. The van der Waals surface area contributed by atoms with Crippen LogP contribution in [0.25, 0.3) is 0 Å². The van der Waals surface area contributed by atoms with E-state index in [2.05, 4.69) is 14.4 Å². The number of aromatic nitrogens is 1. The van der Waals surface area contributed by atoms with Crippen molar-refractivity contribution < 1.29 is 27.9 Å². The largest absolute Gasteiger partial charge is 0.476 e. The van der Waals surface area contributed by atoms with Crippen molar-refractivity contribution in [3.8, 4) is 0 Å². The summed E-state index contributed by atoms with van der Waals surface area (Å²) < 4.78 is 31.8. The molecular weight excluding hydrogens is 322 g/mol. The fourth-order valence-corrected chi connectivity index (χ4v) is 3.02. The second-order valence-corrected chi connectivity index (χ2v) is 6.61. The van der Waals surface area contributed by atoms with Crippen molar-refractivity contribution in [3.63, 3.8) is 0 Å². The van der Waals surface area contributed by atoms with Crippen LogP contribution in [0.1, 0.15) is 42.3 Å². The molecular formula is C10H15N3O6S2. The molecule has 0 saturated heterocycles. The lowest BCUT2D eigenvalue weighted by Gasteiger charge is -2.13. The van der Waals surface area contributed by atoms with Crippen molar-refractivity contribution in [3.05, 3.63) is 16.1 Å². The minimum absolute atomic E-state index is 0.173. The Kier molecular flexibility index (Phi) is 5.63. The van der Waals surface area contributed by atoms with Gasteiger partial charge in [0.1, 0.15) is 5.01 Å². The van der Waals surface area contributed by atoms with Gasteiger partial charge in [-0.1, -0.05) is 0 Å². The molecule has 1 atom stereocenters. The van der Waals surface area contributed by atoms with E-state index in [1.165, 1.54) is 12.3 Å². The van der Waals surface area contributed by atoms with Crippen LogP contribution < -0.4 is 9.44 Å². The topological polar surface area (TPSA) is 135 Å². The van der Waals surface area contributed by atoms with Gasteiger partial charge in [-0.3, -0.25) is 0 Å². The Balaban J connectivity index is 2.69. The molecule has 0 aliphatic rings. The Bertz CT molecular complexity index is 624. The molecule has 3 N–H and O–H groups in total. The Morgan fingerprint density at radius 2 is 2.00 bits per heavy atom. The number of aromatic carboxylic acids is 1. The van der Waals surface area contributed by atoms with E-state index >= 15 is 0 Å². The summed E-state index contributed by atoms with van der Waals surface area (Å²) in [5, 5.41) is 10.3. The van der Waals surface area contributed by atoms with Crippen molar-refractivity contribution in [2.45, 2.75) is 32.9 Å². The third kappa shape index (κ3) is 5.65. The van der Waals surface area contributed by atoms with Crippen LogP contribution in [0.2, 0.25) is 0 Å². The van der Waals surface area contributed by atoms with E-state index in [-0.39, 0.29) is 10.7 Å². The van der Waals surface area contributed by atoms with Crippen molar-refractivity contribution in [2.24, 2.45) is 0 Å². The van der Waals surface area contributed by atoms with Gasteiger partial charge in [0.15, 0.2) is 5.69 Å². The molecule has 0 fully saturated rings. The molecule has 1 aromatic heterocycles. The van der Waals surface area contributed by atoms with Gasteiger partial charge in [0.25, 0.3) is 0 Å². The summed E-state index contributed by atoms with van der Waals surface area (Å²) in [4.78, 5) is 25.7. The number of carbonyl (C=O) groups is 2. The van der Waals surface area contributed by atoms with Gasteiger partial charge < -0.3 is 9.84 Å². The molecule has 0 saturated carbocycles. The number of carboxylic acid groups (broad SMARTS) is 1. The third-order valence-electron chi connectivity index (χ3n) is 2.00. The van der Waals surface area contributed by atoms with Gasteiger partial charge in [0.05, 0.1) is 12.1 Å². The maximum Gasteiger partial charge on any atom is 0.422 e. The van der Waals surface area contributed by atoms with Gasteiger partial charge in [-0.25, -0.2) is 19.3 Å². The second kappa shape index (κ2) is 6.83. The zero-order chi connectivity index (χ0) is 16.2. The van der Waals surface area contributed by atoms with Gasteiger partial charge >= 0.3 is 22.3 Å². The molecule has 0 aromatic carbocycles. The number of carboxylic acids is 1. The van der Waals surface area contributed by atoms with Gasteiger partial charge in [-0.05, 0) is 20.8 Å². The predicted molar refractivity (Wildman–Crippen MR) is 74.3 cm³/mol. The molecule has 1 aromatic rings. The average molecular weight is 337 g/mol. The van der Waals surface area contributed by atoms with Crippen LogP contribution in [0.4, 0.5) is 4.79 Å². The number of carbonyl (C=O) groups excluding carboxylic acids is 1. The van der Waals surface area contributed by atoms with Crippen LogP contribution in [0.15, 0.2) is 5.38 Å². The van der Waals surface area contributed by atoms with Crippen LogP contribution in [0.3, 0.4) is 0 Å². The molecule has 1 unspecified atom stereocenters. The van der Waals surface area contributed by atoms with E-state index in [1.54, 1.807) is 18.6 Å². The highest BCUT2D eigenvalue weighted by Gasteiger charge is 2.22. The maximum absolute atomic E-state index is 11.7. The number of amides is 1. The van der Waals surface area contributed by atoms with Crippen molar-refractivity contribution in [1.29, 1.82) is 0 Å². The Hall–Kier alpha value is -1.72. The number of hydrogen-bond acceptors (Lipinski definition) is 7.